The van der Waals surface area contributed by atoms with E-state index in [0.29, 0.717) is 0 Å². The van der Waals surface area contributed by atoms with Crippen molar-refractivity contribution in [1.29, 1.82) is 0 Å². The van der Waals surface area contributed by atoms with Gasteiger partial charge in [0.15, 0.2) is 0 Å². The normalized spacial score (nSPS) is 12.1. The molecule has 0 unspecified atom stereocenters. The van der Waals surface area contributed by atoms with Crippen LogP contribution in [0.3, 0.4) is 0 Å². The lowest BCUT2D eigenvalue weighted by Gasteiger charge is -2.19. The van der Waals surface area contributed by atoms with Crippen LogP contribution in [-0.4, -0.2) is 26.4 Å². The second-order valence-corrected chi connectivity index (χ2v) is 5.66. The van der Waals surface area contributed by atoms with Crippen LogP contribution in [0.4, 0.5) is 0 Å². The van der Waals surface area contributed by atoms with Gasteiger partial charge < -0.3 is 0 Å². The summed E-state index contributed by atoms with van der Waals surface area (Å²) in [5, 5.41) is 5.09. The number of hydrogen-bond acceptors (Lipinski definition) is 3. The van der Waals surface area contributed by atoms with Crippen LogP contribution < -0.4 is 5.14 Å². The van der Waals surface area contributed by atoms with E-state index in [-0.39, 0.29) is 4.90 Å². The van der Waals surface area contributed by atoms with Crippen LogP contribution in [0.1, 0.15) is 25.0 Å². The van der Waals surface area contributed by atoms with Crippen LogP contribution in [-0.2, 0) is 16.6 Å². The summed E-state index contributed by atoms with van der Waals surface area (Å²) in [7, 11) is -3.60. The van der Waals surface area contributed by atoms with Crippen molar-refractivity contribution < 1.29 is 8.42 Å². The van der Waals surface area contributed by atoms with E-state index in [2.05, 4.69) is 18.7 Å². The molecule has 0 radical (unpaired) electrons. The summed E-state index contributed by atoms with van der Waals surface area (Å²) in [6, 6.07) is 5.04. The zero-order valence-electron chi connectivity index (χ0n) is 10.6. The zero-order chi connectivity index (χ0) is 13.1. The monoisotopic (exact) mass is 256 g/mol. The second-order valence-electron chi connectivity index (χ2n) is 4.09. The summed E-state index contributed by atoms with van der Waals surface area (Å²) in [4.78, 5) is 2.46. The Labute approximate surface area is 103 Å². The highest BCUT2D eigenvalue weighted by Crippen LogP contribution is 2.16. The topological polar surface area (TPSA) is 63.4 Å². The Balaban J connectivity index is 2.98. The SMILES string of the molecule is CCN(CC)Cc1ccc(S(N)(=O)=O)cc1C. The third kappa shape index (κ3) is 3.80. The van der Waals surface area contributed by atoms with Crippen molar-refractivity contribution >= 4 is 10.0 Å². The van der Waals surface area contributed by atoms with E-state index in [4.69, 9.17) is 5.14 Å². The molecule has 0 saturated heterocycles. The quantitative estimate of drug-likeness (QED) is 0.868. The molecule has 5 heteroatoms. The fourth-order valence-electron chi connectivity index (χ4n) is 1.71. The largest absolute Gasteiger partial charge is 0.300 e. The van der Waals surface area contributed by atoms with Gasteiger partial charge in [0.1, 0.15) is 0 Å². The Kier molecular flexibility index (Phi) is 4.68. The number of nitrogens with two attached hydrogens (primary N) is 1. The molecule has 0 atom stereocenters. The zero-order valence-corrected chi connectivity index (χ0v) is 11.4. The lowest BCUT2D eigenvalue weighted by Crippen LogP contribution is -2.22. The summed E-state index contributed by atoms with van der Waals surface area (Å²) in [6.07, 6.45) is 0. The number of rotatable bonds is 5. The first-order chi connectivity index (χ1) is 7.88. The van der Waals surface area contributed by atoms with E-state index in [1.54, 1.807) is 12.1 Å². The highest BCUT2D eigenvalue weighted by Gasteiger charge is 2.10. The molecule has 0 aliphatic heterocycles. The van der Waals surface area contributed by atoms with Gasteiger partial charge in [0, 0.05) is 6.54 Å². The Morgan fingerprint density at radius 3 is 2.24 bits per heavy atom. The van der Waals surface area contributed by atoms with Gasteiger partial charge in [0.2, 0.25) is 10.0 Å². The molecule has 0 aromatic heterocycles. The van der Waals surface area contributed by atoms with Crippen molar-refractivity contribution in [2.45, 2.75) is 32.2 Å². The molecule has 1 aromatic rings. The van der Waals surface area contributed by atoms with E-state index < -0.39 is 10.0 Å². The molecular weight excluding hydrogens is 236 g/mol. The van der Waals surface area contributed by atoms with E-state index in [1.165, 1.54) is 0 Å². The fraction of sp³-hybridized carbons (Fsp3) is 0.500. The maximum absolute atomic E-state index is 11.2. The van der Waals surface area contributed by atoms with Gasteiger partial charge in [0.05, 0.1) is 4.90 Å². The van der Waals surface area contributed by atoms with Crippen LogP contribution in [0.2, 0.25) is 0 Å². The highest BCUT2D eigenvalue weighted by molar-refractivity contribution is 7.89. The minimum absolute atomic E-state index is 0.179. The van der Waals surface area contributed by atoms with Gasteiger partial charge in [-0.05, 0) is 43.3 Å². The summed E-state index contributed by atoms with van der Waals surface area (Å²) in [6.45, 7) is 8.92. The maximum Gasteiger partial charge on any atom is 0.238 e. The molecule has 96 valence electrons. The number of primary sulfonamides is 1. The molecule has 1 aromatic carbocycles. The molecule has 0 saturated carbocycles. The fourth-order valence-corrected chi connectivity index (χ4v) is 2.31. The van der Waals surface area contributed by atoms with Crippen LogP contribution in [0.25, 0.3) is 0 Å². The van der Waals surface area contributed by atoms with Crippen molar-refractivity contribution in [2.75, 3.05) is 13.1 Å². The van der Waals surface area contributed by atoms with Crippen molar-refractivity contribution in [3.8, 4) is 0 Å². The molecule has 0 bridgehead atoms. The standard InChI is InChI=1S/C12H20N2O2S/c1-4-14(5-2)9-11-6-7-12(8-10(11)3)17(13,15)16/h6-8H,4-5,9H2,1-3H3,(H2,13,15,16). The van der Waals surface area contributed by atoms with E-state index in [1.807, 2.05) is 13.0 Å². The van der Waals surface area contributed by atoms with Crippen LogP contribution in [0, 0.1) is 6.92 Å². The number of hydrogen-bond donors (Lipinski definition) is 1. The van der Waals surface area contributed by atoms with Gasteiger partial charge in [-0.2, -0.15) is 0 Å². The molecule has 2 N–H and O–H groups in total. The predicted octanol–water partition coefficient (Wildman–Crippen LogP) is 1.48. The Bertz CT molecular complexity index is 479. The first-order valence-corrected chi connectivity index (χ1v) is 7.27. The molecule has 0 aliphatic rings. The van der Waals surface area contributed by atoms with Gasteiger partial charge in [-0.15, -0.1) is 0 Å². The summed E-state index contributed by atoms with van der Waals surface area (Å²) in [5.41, 5.74) is 2.10. The van der Waals surface area contributed by atoms with Crippen LogP contribution >= 0.6 is 0 Å². The van der Waals surface area contributed by atoms with E-state index >= 15 is 0 Å². The lowest BCUT2D eigenvalue weighted by molar-refractivity contribution is 0.295. The van der Waals surface area contributed by atoms with Crippen LogP contribution in [0.15, 0.2) is 23.1 Å². The predicted molar refractivity (Wildman–Crippen MR) is 69.2 cm³/mol. The minimum Gasteiger partial charge on any atom is -0.300 e. The first-order valence-electron chi connectivity index (χ1n) is 5.73. The average molecular weight is 256 g/mol. The van der Waals surface area contributed by atoms with Crippen LogP contribution in [0.5, 0.6) is 0 Å². The van der Waals surface area contributed by atoms with Gasteiger partial charge in [0.25, 0.3) is 0 Å². The molecule has 0 spiro atoms. The third-order valence-corrected chi connectivity index (χ3v) is 3.84. The maximum atomic E-state index is 11.2. The third-order valence-electron chi connectivity index (χ3n) is 2.93. The lowest BCUT2D eigenvalue weighted by atomic mass is 10.1. The average Bonchev–Trinajstić information content (AvgIpc) is 2.26. The summed E-state index contributed by atoms with van der Waals surface area (Å²) < 4.78 is 22.4. The van der Waals surface area contributed by atoms with Crippen molar-refractivity contribution in [3.05, 3.63) is 29.3 Å². The summed E-state index contributed by atoms with van der Waals surface area (Å²) in [5.74, 6) is 0. The van der Waals surface area contributed by atoms with Crippen molar-refractivity contribution in [1.82, 2.24) is 4.90 Å². The van der Waals surface area contributed by atoms with Gasteiger partial charge in [-0.3, -0.25) is 4.90 Å². The van der Waals surface area contributed by atoms with Gasteiger partial charge >= 0.3 is 0 Å². The number of sulfonamides is 1. The van der Waals surface area contributed by atoms with E-state index in [0.717, 1.165) is 30.8 Å². The molecule has 0 aliphatic carbocycles. The number of benzene rings is 1. The first kappa shape index (κ1) is 14.2. The van der Waals surface area contributed by atoms with Gasteiger partial charge in [-0.25, -0.2) is 13.6 Å². The second kappa shape index (κ2) is 5.62. The molecule has 0 amide bonds. The number of aryl methyl sites for hydroxylation is 1. The Hall–Kier alpha value is -0.910. The Morgan fingerprint density at radius 2 is 1.82 bits per heavy atom. The summed E-state index contributed by atoms with van der Waals surface area (Å²) >= 11 is 0. The van der Waals surface area contributed by atoms with E-state index in [9.17, 15) is 8.42 Å². The minimum atomic E-state index is -3.60. The smallest absolute Gasteiger partial charge is 0.238 e. The molecule has 17 heavy (non-hydrogen) atoms. The molecule has 0 heterocycles. The Morgan fingerprint density at radius 1 is 1.24 bits per heavy atom. The van der Waals surface area contributed by atoms with Crippen molar-refractivity contribution in [2.24, 2.45) is 5.14 Å². The molecule has 4 nitrogen and oxygen atoms in total. The van der Waals surface area contributed by atoms with Crippen molar-refractivity contribution in [3.63, 3.8) is 0 Å². The number of nitrogens with zero attached hydrogens (tertiary/aromatic N) is 1. The molecule has 0 fully saturated rings. The highest BCUT2D eigenvalue weighted by atomic mass is 32.2. The molecule has 1 rings (SSSR count). The molecular formula is C12H20N2O2S. The van der Waals surface area contributed by atoms with Gasteiger partial charge in [-0.1, -0.05) is 19.9 Å².